The molecule has 0 bridgehead atoms. The SMILES string of the molecule is O=C(O)Cc1cc(OC(F)F)c(Cl)cc1[N+](=O)[O-]. The highest BCUT2D eigenvalue weighted by molar-refractivity contribution is 6.32. The first-order chi connectivity index (χ1) is 8.31. The normalized spacial score (nSPS) is 10.4. The van der Waals surface area contributed by atoms with Crippen LogP contribution in [-0.4, -0.2) is 22.6 Å². The molecule has 1 N–H and O–H groups in total. The molecule has 1 rings (SSSR count). The molecule has 0 unspecified atom stereocenters. The average Bonchev–Trinajstić information content (AvgIpc) is 2.20. The van der Waals surface area contributed by atoms with Crippen LogP contribution in [-0.2, 0) is 11.2 Å². The van der Waals surface area contributed by atoms with Crippen LogP contribution >= 0.6 is 11.6 Å². The molecule has 0 aliphatic heterocycles. The van der Waals surface area contributed by atoms with Crippen LogP contribution < -0.4 is 4.74 Å². The van der Waals surface area contributed by atoms with Gasteiger partial charge in [0.25, 0.3) is 5.69 Å². The van der Waals surface area contributed by atoms with Gasteiger partial charge in [-0.05, 0) is 6.07 Å². The summed E-state index contributed by atoms with van der Waals surface area (Å²) in [6.45, 7) is -3.17. The third kappa shape index (κ3) is 3.52. The summed E-state index contributed by atoms with van der Waals surface area (Å²) in [5.41, 5.74) is -0.837. The Balaban J connectivity index is 3.25. The minimum atomic E-state index is -3.17. The summed E-state index contributed by atoms with van der Waals surface area (Å²) in [5, 5.41) is 18.8. The number of alkyl halides is 2. The summed E-state index contributed by atoms with van der Waals surface area (Å²) in [7, 11) is 0. The van der Waals surface area contributed by atoms with Crippen LogP contribution in [0.1, 0.15) is 5.56 Å². The summed E-state index contributed by atoms with van der Waals surface area (Å²) in [4.78, 5) is 20.3. The van der Waals surface area contributed by atoms with Gasteiger partial charge in [0.1, 0.15) is 5.75 Å². The van der Waals surface area contributed by atoms with Crippen LogP contribution in [0.4, 0.5) is 14.5 Å². The van der Waals surface area contributed by atoms with Crippen molar-refractivity contribution >= 4 is 23.3 Å². The molecule has 0 saturated heterocycles. The molecule has 0 saturated carbocycles. The van der Waals surface area contributed by atoms with Gasteiger partial charge in [0.05, 0.1) is 16.4 Å². The first kappa shape index (κ1) is 14.1. The van der Waals surface area contributed by atoms with Gasteiger partial charge < -0.3 is 9.84 Å². The summed E-state index contributed by atoms with van der Waals surface area (Å²) in [6, 6.07) is 1.60. The summed E-state index contributed by atoms with van der Waals surface area (Å²) in [6.07, 6.45) is -0.701. The van der Waals surface area contributed by atoms with E-state index in [9.17, 15) is 23.7 Å². The van der Waals surface area contributed by atoms with Crippen molar-refractivity contribution in [1.29, 1.82) is 0 Å². The Bertz CT molecular complexity index is 494. The zero-order valence-electron chi connectivity index (χ0n) is 8.60. The standard InChI is InChI=1S/C9H6ClF2NO5/c10-5-3-6(13(16)17)4(2-8(14)15)1-7(5)18-9(11)12/h1,3,9H,2H2,(H,14,15). The van der Waals surface area contributed by atoms with Gasteiger partial charge in [-0.3, -0.25) is 14.9 Å². The number of carbonyl (C=O) groups is 1. The van der Waals surface area contributed by atoms with E-state index in [1.165, 1.54) is 0 Å². The van der Waals surface area contributed by atoms with Gasteiger partial charge in [-0.25, -0.2) is 0 Å². The minimum Gasteiger partial charge on any atom is -0.481 e. The number of rotatable bonds is 5. The van der Waals surface area contributed by atoms with Crippen molar-refractivity contribution in [3.63, 3.8) is 0 Å². The van der Waals surface area contributed by atoms with Crippen LogP contribution in [0.5, 0.6) is 5.75 Å². The van der Waals surface area contributed by atoms with Crippen molar-refractivity contribution in [3.8, 4) is 5.75 Å². The number of halogens is 3. The van der Waals surface area contributed by atoms with Crippen LogP contribution in [0.15, 0.2) is 12.1 Å². The molecule has 1 aromatic rings. The predicted molar refractivity (Wildman–Crippen MR) is 56.1 cm³/mol. The lowest BCUT2D eigenvalue weighted by Gasteiger charge is -2.08. The van der Waals surface area contributed by atoms with E-state index >= 15 is 0 Å². The van der Waals surface area contributed by atoms with E-state index in [-0.39, 0.29) is 5.56 Å². The van der Waals surface area contributed by atoms with Crippen LogP contribution in [0, 0.1) is 10.1 Å². The smallest absolute Gasteiger partial charge is 0.387 e. The molecule has 0 amide bonds. The molecule has 0 aromatic heterocycles. The number of hydrogen-bond acceptors (Lipinski definition) is 4. The highest BCUT2D eigenvalue weighted by Crippen LogP contribution is 2.33. The Kier molecular flexibility index (Phi) is 4.38. The van der Waals surface area contributed by atoms with Crippen molar-refractivity contribution < 1.29 is 28.3 Å². The molecule has 0 aliphatic carbocycles. The summed E-state index contributed by atoms with van der Waals surface area (Å²) < 4.78 is 28.1. The number of hydrogen-bond donors (Lipinski definition) is 1. The van der Waals surface area contributed by atoms with E-state index < -0.39 is 40.4 Å². The van der Waals surface area contributed by atoms with Gasteiger partial charge in [-0.2, -0.15) is 8.78 Å². The van der Waals surface area contributed by atoms with Gasteiger partial charge in [0.15, 0.2) is 0 Å². The van der Waals surface area contributed by atoms with E-state index in [0.29, 0.717) is 0 Å². The molecule has 0 heterocycles. The van der Waals surface area contributed by atoms with Crippen molar-refractivity contribution in [2.24, 2.45) is 0 Å². The molecule has 1 aromatic carbocycles. The molecular weight excluding hydrogens is 276 g/mol. The number of benzene rings is 1. The van der Waals surface area contributed by atoms with Crippen LogP contribution in [0.2, 0.25) is 5.02 Å². The number of carboxylic acid groups (broad SMARTS) is 1. The van der Waals surface area contributed by atoms with E-state index in [0.717, 1.165) is 12.1 Å². The highest BCUT2D eigenvalue weighted by atomic mass is 35.5. The maximum atomic E-state index is 12.0. The molecule has 0 aliphatic rings. The molecule has 9 heteroatoms. The zero-order chi connectivity index (χ0) is 13.9. The van der Waals surface area contributed by atoms with Gasteiger partial charge in [0.2, 0.25) is 0 Å². The number of nitrogens with zero attached hydrogens (tertiary/aromatic N) is 1. The Labute approximate surface area is 104 Å². The fraction of sp³-hybridized carbons (Fsp3) is 0.222. The number of ether oxygens (including phenoxy) is 1. The fourth-order valence-electron chi connectivity index (χ4n) is 1.25. The molecule has 0 spiro atoms. The Morgan fingerprint density at radius 2 is 2.17 bits per heavy atom. The second-order valence-electron chi connectivity index (χ2n) is 3.12. The number of aliphatic carboxylic acids is 1. The largest absolute Gasteiger partial charge is 0.481 e. The van der Waals surface area contributed by atoms with E-state index in [4.69, 9.17) is 16.7 Å². The quantitative estimate of drug-likeness (QED) is 0.661. The number of nitro benzene ring substituents is 1. The molecule has 0 fully saturated rings. The van der Waals surface area contributed by atoms with Crippen molar-refractivity contribution in [3.05, 3.63) is 32.8 Å². The second-order valence-corrected chi connectivity index (χ2v) is 3.52. The predicted octanol–water partition coefficient (Wildman–Crippen LogP) is 2.48. The van der Waals surface area contributed by atoms with Gasteiger partial charge in [-0.1, -0.05) is 11.6 Å². The van der Waals surface area contributed by atoms with Crippen molar-refractivity contribution in [2.75, 3.05) is 0 Å². The molecular formula is C9H6ClF2NO5. The zero-order valence-corrected chi connectivity index (χ0v) is 9.36. The Hall–Kier alpha value is -1.96. The maximum Gasteiger partial charge on any atom is 0.387 e. The lowest BCUT2D eigenvalue weighted by molar-refractivity contribution is -0.385. The van der Waals surface area contributed by atoms with E-state index in [1.807, 2.05) is 0 Å². The lowest BCUT2D eigenvalue weighted by Crippen LogP contribution is -2.07. The molecule has 0 atom stereocenters. The van der Waals surface area contributed by atoms with Crippen LogP contribution in [0.25, 0.3) is 0 Å². The van der Waals surface area contributed by atoms with E-state index in [1.54, 1.807) is 0 Å². The second kappa shape index (κ2) is 5.58. The molecule has 6 nitrogen and oxygen atoms in total. The van der Waals surface area contributed by atoms with E-state index in [2.05, 4.69) is 4.74 Å². The van der Waals surface area contributed by atoms with Gasteiger partial charge in [-0.15, -0.1) is 0 Å². The van der Waals surface area contributed by atoms with Crippen molar-refractivity contribution in [2.45, 2.75) is 13.0 Å². The highest BCUT2D eigenvalue weighted by Gasteiger charge is 2.21. The first-order valence-electron chi connectivity index (χ1n) is 4.44. The summed E-state index contributed by atoms with van der Waals surface area (Å²) >= 11 is 5.52. The third-order valence-electron chi connectivity index (χ3n) is 1.89. The van der Waals surface area contributed by atoms with Gasteiger partial charge in [0, 0.05) is 11.6 Å². The minimum absolute atomic E-state index is 0.271. The Morgan fingerprint density at radius 1 is 1.56 bits per heavy atom. The monoisotopic (exact) mass is 281 g/mol. The third-order valence-corrected chi connectivity index (χ3v) is 2.18. The maximum absolute atomic E-state index is 12.0. The molecule has 0 radical (unpaired) electrons. The molecule has 18 heavy (non-hydrogen) atoms. The summed E-state index contributed by atoms with van der Waals surface area (Å²) in [5.74, 6) is -1.85. The van der Waals surface area contributed by atoms with Crippen molar-refractivity contribution in [1.82, 2.24) is 0 Å². The number of carboxylic acids is 1. The fourth-order valence-corrected chi connectivity index (χ4v) is 1.45. The number of nitro groups is 1. The molecule has 98 valence electrons. The lowest BCUT2D eigenvalue weighted by atomic mass is 10.1. The van der Waals surface area contributed by atoms with Gasteiger partial charge >= 0.3 is 12.6 Å². The topological polar surface area (TPSA) is 89.7 Å². The Morgan fingerprint density at radius 3 is 2.61 bits per heavy atom. The first-order valence-corrected chi connectivity index (χ1v) is 4.82. The van der Waals surface area contributed by atoms with Crippen LogP contribution in [0.3, 0.4) is 0 Å². The average molecular weight is 282 g/mol.